The van der Waals surface area contributed by atoms with Crippen molar-refractivity contribution in [1.82, 2.24) is 5.32 Å². The zero-order chi connectivity index (χ0) is 15.9. The molecule has 1 aromatic carbocycles. The van der Waals surface area contributed by atoms with E-state index in [1.165, 1.54) is 0 Å². The zero-order valence-corrected chi connectivity index (χ0v) is 13.6. The topological polar surface area (TPSA) is 30.5 Å². The minimum Gasteiger partial charge on any atom is -0.494 e. The fraction of sp³-hybridized carbons (Fsp3) is 0.571. The molecule has 0 heterocycles. The molecule has 1 rings (SSSR count). The van der Waals surface area contributed by atoms with E-state index in [0.717, 1.165) is 10.0 Å². The number of halogens is 4. The summed E-state index contributed by atoms with van der Waals surface area (Å²) in [6, 6.07) is 5.08. The average Bonchev–Trinajstić information content (AvgIpc) is 2.39. The van der Waals surface area contributed by atoms with Gasteiger partial charge in [0.1, 0.15) is 12.4 Å². The van der Waals surface area contributed by atoms with E-state index in [1.54, 1.807) is 6.07 Å². The zero-order valence-electron chi connectivity index (χ0n) is 12.0. The van der Waals surface area contributed by atoms with Gasteiger partial charge in [-0.25, -0.2) is 0 Å². The summed E-state index contributed by atoms with van der Waals surface area (Å²) in [5.74, 6) is 0.641. The number of benzene rings is 1. The minimum absolute atomic E-state index is 0.0795. The van der Waals surface area contributed by atoms with Crippen molar-refractivity contribution < 1.29 is 22.6 Å². The molecule has 120 valence electrons. The van der Waals surface area contributed by atoms with Gasteiger partial charge in [0.15, 0.2) is 0 Å². The van der Waals surface area contributed by atoms with Crippen LogP contribution in [0.1, 0.15) is 25.5 Å². The van der Waals surface area contributed by atoms with Crippen LogP contribution in [0.4, 0.5) is 13.2 Å². The van der Waals surface area contributed by atoms with Gasteiger partial charge >= 0.3 is 6.18 Å². The number of nitrogens with one attached hydrogen (secondary N) is 1. The van der Waals surface area contributed by atoms with Crippen LogP contribution in [0, 0.1) is 0 Å². The number of likely N-dealkylation sites (N-methyl/N-ethyl adjacent to an activating group) is 1. The Morgan fingerprint density at radius 3 is 2.57 bits per heavy atom. The van der Waals surface area contributed by atoms with Crippen LogP contribution in [-0.2, 0) is 4.74 Å². The van der Waals surface area contributed by atoms with Crippen molar-refractivity contribution in [2.45, 2.75) is 26.1 Å². The SMILES string of the molecule is CCNC(COCC(F)(F)F)c1cc(Br)ccc1OCC. The maximum absolute atomic E-state index is 12.2. The Kier molecular flexibility index (Phi) is 7.48. The lowest BCUT2D eigenvalue weighted by Crippen LogP contribution is -2.28. The quantitative estimate of drug-likeness (QED) is 0.748. The Morgan fingerprint density at radius 1 is 1.29 bits per heavy atom. The molecule has 21 heavy (non-hydrogen) atoms. The molecule has 1 atom stereocenters. The summed E-state index contributed by atoms with van der Waals surface area (Å²) in [5, 5.41) is 3.12. The van der Waals surface area contributed by atoms with Gasteiger partial charge in [0.2, 0.25) is 0 Å². The van der Waals surface area contributed by atoms with Crippen LogP contribution in [0.3, 0.4) is 0 Å². The lowest BCUT2D eigenvalue weighted by Gasteiger charge is -2.22. The summed E-state index contributed by atoms with van der Waals surface area (Å²) in [4.78, 5) is 0. The van der Waals surface area contributed by atoms with Gasteiger partial charge in [0.05, 0.1) is 19.3 Å². The Hall–Kier alpha value is -0.790. The molecule has 0 aliphatic carbocycles. The third kappa shape index (κ3) is 6.67. The van der Waals surface area contributed by atoms with Crippen LogP contribution in [-0.4, -0.2) is 32.5 Å². The van der Waals surface area contributed by atoms with Gasteiger partial charge in [0, 0.05) is 10.0 Å². The number of hydrogen-bond donors (Lipinski definition) is 1. The first-order valence-corrected chi connectivity index (χ1v) is 7.46. The molecule has 1 aromatic rings. The summed E-state index contributed by atoms with van der Waals surface area (Å²) in [6.07, 6.45) is -4.32. The Balaban J connectivity index is 2.85. The fourth-order valence-corrected chi connectivity index (χ4v) is 2.25. The Bertz CT molecular complexity index is 441. The van der Waals surface area contributed by atoms with Crippen LogP contribution < -0.4 is 10.1 Å². The Labute approximate surface area is 130 Å². The van der Waals surface area contributed by atoms with E-state index in [0.29, 0.717) is 18.9 Å². The summed E-state index contributed by atoms with van der Waals surface area (Å²) in [7, 11) is 0. The van der Waals surface area contributed by atoms with Crippen LogP contribution in [0.5, 0.6) is 5.75 Å². The normalized spacial score (nSPS) is 13.2. The number of hydrogen-bond acceptors (Lipinski definition) is 3. The summed E-state index contributed by atoms with van der Waals surface area (Å²) < 4.78 is 47.7. The molecule has 1 N–H and O–H groups in total. The van der Waals surface area contributed by atoms with Crippen molar-refractivity contribution >= 4 is 15.9 Å². The van der Waals surface area contributed by atoms with Gasteiger partial charge < -0.3 is 14.8 Å². The van der Waals surface area contributed by atoms with Gasteiger partial charge in [-0.2, -0.15) is 13.2 Å². The first kappa shape index (κ1) is 18.3. The Morgan fingerprint density at radius 2 is 2.00 bits per heavy atom. The van der Waals surface area contributed by atoms with E-state index < -0.39 is 12.8 Å². The van der Waals surface area contributed by atoms with Gasteiger partial charge in [-0.1, -0.05) is 22.9 Å². The van der Waals surface area contributed by atoms with E-state index in [-0.39, 0.29) is 12.6 Å². The summed E-state index contributed by atoms with van der Waals surface area (Å²) in [6.45, 7) is 3.50. The largest absolute Gasteiger partial charge is 0.494 e. The number of alkyl halides is 3. The van der Waals surface area contributed by atoms with Gasteiger partial charge in [0.25, 0.3) is 0 Å². The van der Waals surface area contributed by atoms with E-state index in [1.807, 2.05) is 26.0 Å². The van der Waals surface area contributed by atoms with Gasteiger partial charge in [-0.15, -0.1) is 0 Å². The summed E-state index contributed by atoms with van der Waals surface area (Å²) >= 11 is 3.36. The van der Waals surface area contributed by atoms with Gasteiger partial charge in [-0.05, 0) is 31.7 Å². The number of ether oxygens (including phenoxy) is 2. The second-order valence-electron chi connectivity index (χ2n) is 4.36. The van der Waals surface area contributed by atoms with Crippen LogP contribution in [0.2, 0.25) is 0 Å². The lowest BCUT2D eigenvalue weighted by molar-refractivity contribution is -0.175. The van der Waals surface area contributed by atoms with Crippen molar-refractivity contribution in [3.05, 3.63) is 28.2 Å². The fourth-order valence-electron chi connectivity index (χ4n) is 1.88. The van der Waals surface area contributed by atoms with Crippen molar-refractivity contribution in [1.29, 1.82) is 0 Å². The third-order valence-electron chi connectivity index (χ3n) is 2.65. The highest BCUT2D eigenvalue weighted by Crippen LogP contribution is 2.29. The molecule has 0 amide bonds. The monoisotopic (exact) mass is 369 g/mol. The highest BCUT2D eigenvalue weighted by molar-refractivity contribution is 9.10. The molecule has 7 heteroatoms. The summed E-state index contributed by atoms with van der Waals surface area (Å²) in [5.41, 5.74) is 0.773. The smallest absolute Gasteiger partial charge is 0.411 e. The third-order valence-corrected chi connectivity index (χ3v) is 3.14. The molecule has 0 aromatic heterocycles. The second kappa shape index (κ2) is 8.60. The molecule has 0 radical (unpaired) electrons. The van der Waals surface area contributed by atoms with Crippen molar-refractivity contribution in [3.8, 4) is 5.75 Å². The molecule has 0 aliphatic heterocycles. The highest BCUT2D eigenvalue weighted by atomic mass is 79.9. The molecule has 0 saturated heterocycles. The van der Waals surface area contributed by atoms with E-state index in [9.17, 15) is 13.2 Å². The van der Waals surface area contributed by atoms with Crippen LogP contribution in [0.15, 0.2) is 22.7 Å². The molecule has 0 saturated carbocycles. The van der Waals surface area contributed by atoms with Gasteiger partial charge in [-0.3, -0.25) is 0 Å². The van der Waals surface area contributed by atoms with Crippen LogP contribution in [0.25, 0.3) is 0 Å². The molecular weight excluding hydrogens is 351 g/mol. The van der Waals surface area contributed by atoms with Crippen molar-refractivity contribution in [2.75, 3.05) is 26.4 Å². The molecular formula is C14H19BrF3NO2. The predicted molar refractivity (Wildman–Crippen MR) is 78.6 cm³/mol. The van der Waals surface area contributed by atoms with E-state index >= 15 is 0 Å². The molecule has 0 bridgehead atoms. The van der Waals surface area contributed by atoms with Crippen molar-refractivity contribution in [3.63, 3.8) is 0 Å². The molecule has 0 fully saturated rings. The van der Waals surface area contributed by atoms with Crippen molar-refractivity contribution in [2.24, 2.45) is 0 Å². The van der Waals surface area contributed by atoms with Crippen LogP contribution >= 0.6 is 15.9 Å². The average molecular weight is 370 g/mol. The minimum atomic E-state index is -4.32. The molecule has 1 unspecified atom stereocenters. The number of rotatable bonds is 8. The first-order valence-electron chi connectivity index (χ1n) is 6.67. The first-order chi connectivity index (χ1) is 9.87. The molecule has 3 nitrogen and oxygen atoms in total. The maximum Gasteiger partial charge on any atom is 0.411 e. The van der Waals surface area contributed by atoms with E-state index in [2.05, 4.69) is 21.2 Å². The standard InChI is InChI=1S/C14H19BrF3NO2/c1-3-19-12(8-20-9-14(16,17)18)11-7-10(15)5-6-13(11)21-4-2/h5-7,12,19H,3-4,8-9H2,1-2H3. The lowest BCUT2D eigenvalue weighted by atomic mass is 10.1. The predicted octanol–water partition coefficient (Wildman–Crippen LogP) is 4.08. The van der Waals surface area contributed by atoms with E-state index in [4.69, 9.17) is 9.47 Å². The second-order valence-corrected chi connectivity index (χ2v) is 5.27. The highest BCUT2D eigenvalue weighted by Gasteiger charge is 2.28. The molecule has 0 aliphatic rings. The molecule has 0 spiro atoms. The maximum atomic E-state index is 12.2.